The highest BCUT2D eigenvalue weighted by atomic mass is 35.5. The van der Waals surface area contributed by atoms with Crippen molar-refractivity contribution in [1.29, 1.82) is 0 Å². The number of halogens is 2. The smallest absolute Gasteiger partial charge is 0.291 e. The molecule has 1 aromatic heterocycles. The predicted molar refractivity (Wildman–Crippen MR) is 96.3 cm³/mol. The van der Waals surface area contributed by atoms with E-state index in [0.717, 1.165) is 0 Å². The van der Waals surface area contributed by atoms with Gasteiger partial charge in [0.1, 0.15) is 11.5 Å². The number of carbonyl (C=O) groups is 1. The monoisotopic (exact) mass is 369 g/mol. The van der Waals surface area contributed by atoms with Gasteiger partial charge in [-0.1, -0.05) is 43.1 Å². The molecule has 0 spiro atoms. The zero-order chi connectivity index (χ0) is 17.9. The minimum atomic E-state index is -0.332. The van der Waals surface area contributed by atoms with Crippen LogP contribution in [-0.4, -0.2) is 40.3 Å². The quantitative estimate of drug-likeness (QED) is 0.820. The largest absolute Gasteiger partial charge is 0.348 e. The number of nitrogens with one attached hydrogen (secondary N) is 2. The van der Waals surface area contributed by atoms with Gasteiger partial charge in [0.15, 0.2) is 0 Å². The lowest BCUT2D eigenvalue weighted by molar-refractivity contribution is 0.0940. The average molecular weight is 370 g/mol. The van der Waals surface area contributed by atoms with E-state index < -0.39 is 0 Å². The summed E-state index contributed by atoms with van der Waals surface area (Å²) in [7, 11) is 1.83. The maximum Gasteiger partial charge on any atom is 0.291 e. The topological polar surface area (TPSA) is 71.8 Å². The van der Waals surface area contributed by atoms with Crippen LogP contribution in [0.1, 0.15) is 43.1 Å². The zero-order valence-electron chi connectivity index (χ0n) is 14.1. The molecule has 1 aromatic carbocycles. The first kappa shape index (κ1) is 18.7. The van der Waals surface area contributed by atoms with Gasteiger partial charge in [-0.05, 0) is 26.1 Å². The van der Waals surface area contributed by atoms with Crippen LogP contribution in [0.3, 0.4) is 0 Å². The van der Waals surface area contributed by atoms with E-state index in [1.165, 1.54) is 0 Å². The molecule has 1 atom stereocenters. The van der Waals surface area contributed by atoms with E-state index in [2.05, 4.69) is 20.7 Å². The Labute approximate surface area is 151 Å². The van der Waals surface area contributed by atoms with Gasteiger partial charge in [0.05, 0.1) is 10.0 Å². The van der Waals surface area contributed by atoms with E-state index in [0.29, 0.717) is 28.1 Å². The Kier molecular flexibility index (Phi) is 6.21. The molecule has 130 valence electrons. The molecule has 0 saturated heterocycles. The van der Waals surface area contributed by atoms with Crippen molar-refractivity contribution in [1.82, 2.24) is 25.4 Å². The molecule has 0 aliphatic rings. The number of nitrogens with zero attached hydrogens (tertiary/aromatic N) is 3. The zero-order valence-corrected chi connectivity index (χ0v) is 15.6. The van der Waals surface area contributed by atoms with Gasteiger partial charge in [-0.2, -0.15) is 0 Å². The highest BCUT2D eigenvalue weighted by Crippen LogP contribution is 2.30. The average Bonchev–Trinajstić information content (AvgIpc) is 2.97. The number of hydrogen-bond acceptors (Lipinski definition) is 4. The van der Waals surface area contributed by atoms with Gasteiger partial charge in [0.25, 0.3) is 5.91 Å². The van der Waals surface area contributed by atoms with E-state index in [1.54, 1.807) is 22.9 Å². The molecule has 2 rings (SSSR count). The molecule has 1 heterocycles. The van der Waals surface area contributed by atoms with Crippen molar-refractivity contribution in [3.8, 4) is 5.69 Å². The Hall–Kier alpha value is -1.63. The Morgan fingerprint density at radius 3 is 2.42 bits per heavy atom. The van der Waals surface area contributed by atoms with Gasteiger partial charge in [0, 0.05) is 18.5 Å². The molecular weight excluding hydrogens is 349 g/mol. The summed E-state index contributed by atoms with van der Waals surface area (Å²) in [5, 5.41) is 11.1. The second kappa shape index (κ2) is 7.96. The third kappa shape index (κ3) is 4.06. The summed E-state index contributed by atoms with van der Waals surface area (Å²) in [6.07, 6.45) is 0. The van der Waals surface area contributed by atoms with Crippen molar-refractivity contribution in [2.45, 2.75) is 32.7 Å². The first-order chi connectivity index (χ1) is 11.3. The molecule has 2 N–H and O–H groups in total. The lowest BCUT2D eigenvalue weighted by atomic mass is 10.2. The first-order valence-corrected chi connectivity index (χ1v) is 8.47. The molecule has 1 amide bonds. The van der Waals surface area contributed by atoms with Crippen LogP contribution in [0.15, 0.2) is 18.2 Å². The molecule has 24 heavy (non-hydrogen) atoms. The number of aromatic nitrogens is 3. The molecule has 1 unspecified atom stereocenters. The Bertz CT molecular complexity index is 709. The van der Waals surface area contributed by atoms with Crippen LogP contribution in [0.5, 0.6) is 0 Å². The fourth-order valence-electron chi connectivity index (χ4n) is 2.08. The minimum absolute atomic E-state index is 0.0441. The normalized spacial score (nSPS) is 12.5. The van der Waals surface area contributed by atoms with Crippen LogP contribution < -0.4 is 10.6 Å². The van der Waals surface area contributed by atoms with Crippen LogP contribution >= 0.6 is 23.2 Å². The molecular formula is C16H21Cl2N5O. The number of benzene rings is 1. The van der Waals surface area contributed by atoms with Gasteiger partial charge in [-0.25, -0.2) is 9.67 Å². The van der Waals surface area contributed by atoms with Crippen LogP contribution in [0.2, 0.25) is 10.0 Å². The highest BCUT2D eigenvalue weighted by Gasteiger charge is 2.22. The fourth-order valence-corrected chi connectivity index (χ4v) is 2.63. The van der Waals surface area contributed by atoms with E-state index >= 15 is 0 Å². The molecule has 2 aromatic rings. The molecule has 0 fully saturated rings. The number of rotatable bonds is 6. The predicted octanol–water partition coefficient (Wildman–Crippen LogP) is 3.04. The molecule has 0 radical (unpaired) electrons. The van der Waals surface area contributed by atoms with Crippen molar-refractivity contribution in [2.75, 3.05) is 13.6 Å². The van der Waals surface area contributed by atoms with E-state index in [1.807, 2.05) is 27.8 Å². The van der Waals surface area contributed by atoms with Crippen molar-refractivity contribution in [3.05, 3.63) is 39.9 Å². The van der Waals surface area contributed by atoms with E-state index in [-0.39, 0.29) is 23.7 Å². The molecule has 0 aliphatic heterocycles. The summed E-state index contributed by atoms with van der Waals surface area (Å²) in [5.74, 6) is 0.429. The SMILES string of the molecule is CNC(C)CNC(=O)c1nc(C(C)C)n(-c2c(Cl)cccc2Cl)n1. The Morgan fingerprint density at radius 2 is 1.88 bits per heavy atom. The van der Waals surface area contributed by atoms with Crippen molar-refractivity contribution < 1.29 is 4.79 Å². The van der Waals surface area contributed by atoms with Gasteiger partial charge in [-0.3, -0.25) is 4.79 Å². The number of hydrogen-bond donors (Lipinski definition) is 2. The number of para-hydroxylation sites is 1. The number of likely N-dealkylation sites (N-methyl/N-ethyl adjacent to an activating group) is 1. The second-order valence-electron chi connectivity index (χ2n) is 5.83. The van der Waals surface area contributed by atoms with Crippen LogP contribution in [0.25, 0.3) is 5.69 Å². The third-order valence-electron chi connectivity index (χ3n) is 3.56. The number of carbonyl (C=O) groups excluding carboxylic acids is 1. The molecule has 6 nitrogen and oxygen atoms in total. The Morgan fingerprint density at radius 1 is 1.25 bits per heavy atom. The summed E-state index contributed by atoms with van der Waals surface area (Å²) in [6.45, 7) is 6.38. The van der Waals surface area contributed by atoms with Crippen LogP contribution in [0.4, 0.5) is 0 Å². The van der Waals surface area contributed by atoms with Crippen molar-refractivity contribution in [3.63, 3.8) is 0 Å². The highest BCUT2D eigenvalue weighted by molar-refractivity contribution is 6.37. The van der Waals surface area contributed by atoms with Gasteiger partial charge < -0.3 is 10.6 Å². The number of amides is 1. The van der Waals surface area contributed by atoms with Gasteiger partial charge in [0.2, 0.25) is 5.82 Å². The second-order valence-corrected chi connectivity index (χ2v) is 6.64. The fraction of sp³-hybridized carbons (Fsp3) is 0.438. The van der Waals surface area contributed by atoms with Crippen molar-refractivity contribution in [2.24, 2.45) is 0 Å². The first-order valence-electron chi connectivity index (χ1n) is 7.72. The van der Waals surface area contributed by atoms with Crippen LogP contribution in [0, 0.1) is 0 Å². The summed E-state index contributed by atoms with van der Waals surface area (Å²) in [4.78, 5) is 16.7. The molecule has 8 heteroatoms. The standard InChI is InChI=1S/C16H21Cl2N5O/c1-9(2)15-21-14(16(24)20-8-10(3)19-4)22-23(15)13-11(17)6-5-7-12(13)18/h5-7,9-10,19H,8H2,1-4H3,(H,20,24). The maximum atomic E-state index is 12.3. The third-order valence-corrected chi connectivity index (χ3v) is 4.17. The summed E-state index contributed by atoms with van der Waals surface area (Å²) >= 11 is 12.5. The van der Waals surface area contributed by atoms with Crippen LogP contribution in [-0.2, 0) is 0 Å². The maximum absolute atomic E-state index is 12.3. The summed E-state index contributed by atoms with van der Waals surface area (Å²) in [5.41, 5.74) is 0.527. The lowest BCUT2D eigenvalue weighted by Crippen LogP contribution is -2.37. The minimum Gasteiger partial charge on any atom is -0.348 e. The summed E-state index contributed by atoms with van der Waals surface area (Å²) in [6, 6.07) is 5.36. The summed E-state index contributed by atoms with van der Waals surface area (Å²) < 4.78 is 1.55. The van der Waals surface area contributed by atoms with E-state index in [4.69, 9.17) is 23.2 Å². The molecule has 0 bridgehead atoms. The Balaban J connectivity index is 2.39. The van der Waals surface area contributed by atoms with Crippen molar-refractivity contribution >= 4 is 29.1 Å². The molecule has 0 saturated carbocycles. The van der Waals surface area contributed by atoms with Gasteiger partial charge >= 0.3 is 0 Å². The van der Waals surface area contributed by atoms with E-state index in [9.17, 15) is 4.79 Å². The lowest BCUT2D eigenvalue weighted by Gasteiger charge is -2.11. The van der Waals surface area contributed by atoms with Gasteiger partial charge in [-0.15, -0.1) is 5.10 Å². The molecule has 0 aliphatic carbocycles.